The Kier molecular flexibility index (Phi) is 4.22. The predicted molar refractivity (Wildman–Crippen MR) is 92.6 cm³/mol. The minimum absolute atomic E-state index is 0.0258. The van der Waals surface area contributed by atoms with Crippen LogP contribution in [0.2, 0.25) is 0 Å². The van der Waals surface area contributed by atoms with E-state index < -0.39 is 11.9 Å². The monoisotopic (exact) mass is 392 g/mol. The molecule has 3 aromatic heterocycles. The Labute approximate surface area is 153 Å². The minimum Gasteiger partial charge on any atom is -0.322 e. The number of nitrogens with one attached hydrogen (secondary N) is 2. The maximum atomic E-state index is 12.7. The molecule has 138 valence electrons. The number of aromatic nitrogens is 6. The first-order valence-corrected chi connectivity index (χ1v) is 8.68. The summed E-state index contributed by atoms with van der Waals surface area (Å²) in [6.45, 7) is 0. The molecule has 3 heterocycles. The molecule has 1 aromatic carbocycles. The first-order chi connectivity index (χ1) is 12.9. The number of halogens is 3. The zero-order valence-corrected chi connectivity index (χ0v) is 14.3. The van der Waals surface area contributed by atoms with Gasteiger partial charge < -0.3 is 4.98 Å². The smallest absolute Gasteiger partial charge is 0.322 e. The fourth-order valence-corrected chi connectivity index (χ4v) is 3.16. The first-order valence-electron chi connectivity index (χ1n) is 7.69. The number of alkyl halides is 3. The number of hydrogen-bond acceptors (Lipinski definition) is 5. The number of nitrogens with zero attached hydrogens (tertiary/aromatic N) is 4. The van der Waals surface area contributed by atoms with Gasteiger partial charge in [-0.15, -0.1) is 0 Å². The van der Waals surface area contributed by atoms with E-state index in [1.165, 1.54) is 10.7 Å². The van der Waals surface area contributed by atoms with Crippen LogP contribution in [0.15, 0.2) is 52.5 Å². The highest BCUT2D eigenvalue weighted by atomic mass is 32.2. The molecule has 0 saturated carbocycles. The van der Waals surface area contributed by atoms with Crippen LogP contribution in [0.3, 0.4) is 0 Å². The van der Waals surface area contributed by atoms with Crippen LogP contribution in [-0.4, -0.2) is 29.7 Å². The van der Waals surface area contributed by atoms with Gasteiger partial charge in [-0.05, 0) is 18.2 Å². The van der Waals surface area contributed by atoms with Crippen molar-refractivity contribution in [1.29, 1.82) is 0 Å². The molecule has 27 heavy (non-hydrogen) atoms. The van der Waals surface area contributed by atoms with Crippen molar-refractivity contribution in [3.63, 3.8) is 0 Å². The fraction of sp³-hybridized carbons (Fsp3) is 0.125. The predicted octanol–water partition coefficient (Wildman–Crippen LogP) is 3.14. The third kappa shape index (κ3) is 3.58. The van der Waals surface area contributed by atoms with Gasteiger partial charge in [-0.25, -0.2) is 15.0 Å². The van der Waals surface area contributed by atoms with Crippen molar-refractivity contribution < 1.29 is 13.2 Å². The molecule has 0 amide bonds. The molecule has 0 unspecified atom stereocenters. The summed E-state index contributed by atoms with van der Waals surface area (Å²) in [7, 11) is 0. The fourth-order valence-electron chi connectivity index (χ4n) is 2.43. The third-order valence-electron chi connectivity index (χ3n) is 3.64. The highest BCUT2D eigenvalue weighted by Gasteiger charge is 2.32. The van der Waals surface area contributed by atoms with E-state index in [9.17, 15) is 18.0 Å². The van der Waals surface area contributed by atoms with Crippen molar-refractivity contribution in [3.05, 3.63) is 64.3 Å². The molecule has 0 aliphatic heterocycles. The lowest BCUT2D eigenvalue weighted by Crippen LogP contribution is -2.14. The summed E-state index contributed by atoms with van der Waals surface area (Å²) >= 11 is 0.990. The minimum atomic E-state index is -4.53. The average Bonchev–Trinajstić information content (AvgIpc) is 3.22. The lowest BCUT2D eigenvalue weighted by atomic mass is 10.3. The first kappa shape index (κ1) is 17.3. The van der Waals surface area contributed by atoms with E-state index in [4.69, 9.17) is 0 Å². The van der Waals surface area contributed by atoms with Crippen molar-refractivity contribution in [1.82, 2.24) is 29.7 Å². The quantitative estimate of drug-likeness (QED) is 0.411. The van der Waals surface area contributed by atoms with Gasteiger partial charge in [0.25, 0.3) is 5.56 Å². The summed E-state index contributed by atoms with van der Waals surface area (Å²) in [6, 6.07) is 9.49. The van der Waals surface area contributed by atoms with Crippen molar-refractivity contribution in [2.24, 2.45) is 0 Å². The molecule has 7 nitrogen and oxygen atoms in total. The van der Waals surface area contributed by atoms with E-state index in [-0.39, 0.29) is 16.5 Å². The molecule has 0 radical (unpaired) electrons. The normalized spacial score (nSPS) is 12.0. The number of H-pyrrole nitrogens is 2. The van der Waals surface area contributed by atoms with Crippen molar-refractivity contribution in [3.8, 4) is 5.95 Å². The van der Waals surface area contributed by atoms with Gasteiger partial charge in [0.2, 0.25) is 5.95 Å². The Bertz CT molecular complexity index is 1130. The van der Waals surface area contributed by atoms with E-state index in [0.717, 1.165) is 29.5 Å². The lowest BCUT2D eigenvalue weighted by molar-refractivity contribution is -0.141. The summed E-state index contributed by atoms with van der Waals surface area (Å²) in [4.78, 5) is 26.9. The van der Waals surface area contributed by atoms with Crippen LogP contribution in [0.25, 0.3) is 17.0 Å². The van der Waals surface area contributed by atoms with Gasteiger partial charge in [-0.1, -0.05) is 23.9 Å². The van der Waals surface area contributed by atoms with Crippen LogP contribution in [0.1, 0.15) is 11.4 Å². The number of rotatable bonds is 4. The molecular formula is C16H11F3N6OS. The summed E-state index contributed by atoms with van der Waals surface area (Å²) in [5, 5.41) is 2.86. The van der Waals surface area contributed by atoms with Gasteiger partial charge in [0.15, 0.2) is 5.16 Å². The molecular weight excluding hydrogens is 381 g/mol. The van der Waals surface area contributed by atoms with Gasteiger partial charge >= 0.3 is 6.18 Å². The second kappa shape index (κ2) is 6.58. The topological polar surface area (TPSA) is 92.2 Å². The Morgan fingerprint density at radius 2 is 1.96 bits per heavy atom. The third-order valence-corrected chi connectivity index (χ3v) is 4.55. The molecule has 0 aliphatic rings. The van der Waals surface area contributed by atoms with Crippen LogP contribution < -0.4 is 5.56 Å². The number of imidazole rings is 1. The number of fused-ring (bicyclic) bond motifs is 1. The summed E-state index contributed by atoms with van der Waals surface area (Å²) in [5.74, 6) is 0.525. The standard InChI is InChI=1S/C16H11F3N6OS/c17-16(18,19)12-5-6-20-15(23-12)27-8-9-7-13(26)25(24-9)14-21-10-3-1-2-4-11(10)22-14/h1-7,24H,8H2,(H,21,22). The van der Waals surface area contributed by atoms with Gasteiger partial charge in [0, 0.05) is 23.7 Å². The number of para-hydroxylation sites is 2. The summed E-state index contributed by atoms with van der Waals surface area (Å²) < 4.78 is 39.3. The van der Waals surface area contributed by atoms with Gasteiger partial charge in [-0.3, -0.25) is 9.89 Å². The molecule has 11 heteroatoms. The zero-order chi connectivity index (χ0) is 19.0. The van der Waals surface area contributed by atoms with E-state index in [2.05, 4.69) is 25.0 Å². The summed E-state index contributed by atoms with van der Waals surface area (Å²) in [6.07, 6.45) is -3.47. The van der Waals surface area contributed by atoms with Crippen LogP contribution in [0.4, 0.5) is 13.2 Å². The Balaban J connectivity index is 1.55. The highest BCUT2D eigenvalue weighted by Crippen LogP contribution is 2.28. The highest BCUT2D eigenvalue weighted by molar-refractivity contribution is 7.98. The molecule has 4 rings (SSSR count). The maximum Gasteiger partial charge on any atom is 0.433 e. The van der Waals surface area contributed by atoms with Crippen molar-refractivity contribution in [2.75, 3.05) is 0 Å². The lowest BCUT2D eigenvalue weighted by Gasteiger charge is -2.06. The molecule has 0 aliphatic carbocycles. The number of benzene rings is 1. The molecule has 2 N–H and O–H groups in total. The van der Waals surface area contributed by atoms with Crippen molar-refractivity contribution in [2.45, 2.75) is 17.1 Å². The Morgan fingerprint density at radius 3 is 2.74 bits per heavy atom. The van der Waals surface area contributed by atoms with E-state index in [1.54, 1.807) is 0 Å². The van der Waals surface area contributed by atoms with Gasteiger partial charge in [-0.2, -0.15) is 17.9 Å². The van der Waals surface area contributed by atoms with Crippen molar-refractivity contribution >= 4 is 22.8 Å². The molecule has 0 bridgehead atoms. The molecule has 0 atom stereocenters. The Morgan fingerprint density at radius 1 is 1.15 bits per heavy atom. The van der Waals surface area contributed by atoms with Crippen LogP contribution in [0.5, 0.6) is 0 Å². The van der Waals surface area contributed by atoms with Crippen LogP contribution in [0, 0.1) is 0 Å². The largest absolute Gasteiger partial charge is 0.433 e. The molecule has 0 spiro atoms. The number of hydrogen-bond donors (Lipinski definition) is 2. The Hall–Kier alpha value is -3.08. The van der Waals surface area contributed by atoms with E-state index in [1.807, 2.05) is 24.3 Å². The van der Waals surface area contributed by atoms with Gasteiger partial charge in [0.1, 0.15) is 5.69 Å². The van der Waals surface area contributed by atoms with Crippen LogP contribution in [-0.2, 0) is 11.9 Å². The molecule has 0 fully saturated rings. The average molecular weight is 392 g/mol. The van der Waals surface area contributed by atoms with Crippen LogP contribution >= 0.6 is 11.8 Å². The SMILES string of the molecule is O=c1cc(CSc2nccc(C(F)(F)F)n2)[nH]n1-c1nc2ccccc2[nH]1. The summed E-state index contributed by atoms with van der Waals surface area (Å²) in [5.41, 5.74) is 0.652. The zero-order valence-electron chi connectivity index (χ0n) is 13.5. The van der Waals surface area contributed by atoms with E-state index >= 15 is 0 Å². The number of aromatic amines is 2. The maximum absolute atomic E-state index is 12.7. The van der Waals surface area contributed by atoms with E-state index in [0.29, 0.717) is 17.2 Å². The molecule has 4 aromatic rings. The second-order valence-electron chi connectivity index (χ2n) is 5.54. The number of thioether (sulfide) groups is 1. The van der Waals surface area contributed by atoms with Gasteiger partial charge in [0.05, 0.1) is 11.0 Å². The second-order valence-corrected chi connectivity index (χ2v) is 6.49. The molecule has 0 saturated heterocycles.